The second kappa shape index (κ2) is 8.37. The van der Waals surface area contributed by atoms with Crippen LogP contribution in [0.15, 0.2) is 36.5 Å². The molecule has 0 saturated carbocycles. The van der Waals surface area contributed by atoms with E-state index >= 15 is 0 Å². The van der Waals surface area contributed by atoms with Crippen molar-refractivity contribution in [2.45, 2.75) is 50.6 Å². The summed E-state index contributed by atoms with van der Waals surface area (Å²) in [6, 6.07) is 9.72. The zero-order chi connectivity index (χ0) is 20.1. The number of carbonyl (C=O) groups is 3. The van der Waals surface area contributed by atoms with Gasteiger partial charge in [0.1, 0.15) is 0 Å². The Morgan fingerprint density at radius 3 is 2.71 bits per heavy atom. The van der Waals surface area contributed by atoms with E-state index in [0.29, 0.717) is 32.2 Å². The Labute approximate surface area is 163 Å². The highest BCUT2D eigenvalue weighted by molar-refractivity contribution is 5.83. The number of carboxylic acid groups (broad SMARTS) is 1. The summed E-state index contributed by atoms with van der Waals surface area (Å²) in [6.07, 6.45) is 3.74. The third-order valence-corrected chi connectivity index (χ3v) is 5.44. The van der Waals surface area contributed by atoms with Crippen LogP contribution in [0.25, 0.3) is 10.9 Å². The van der Waals surface area contributed by atoms with E-state index in [-0.39, 0.29) is 24.7 Å². The van der Waals surface area contributed by atoms with Crippen molar-refractivity contribution >= 4 is 28.7 Å². The SMILES string of the molecule is CN(Cc1cccc2ncccc12)C(=O)CC[C@@]1(CCC(=O)O)CCC(=O)N1. The number of hydrogen-bond donors (Lipinski definition) is 2. The summed E-state index contributed by atoms with van der Waals surface area (Å²) in [6.45, 7) is 0.469. The maximum absolute atomic E-state index is 12.7. The lowest BCUT2D eigenvalue weighted by Crippen LogP contribution is -2.43. The fourth-order valence-corrected chi connectivity index (χ4v) is 3.81. The number of amides is 2. The molecule has 0 radical (unpaired) electrons. The van der Waals surface area contributed by atoms with Crippen molar-refractivity contribution in [1.82, 2.24) is 15.2 Å². The molecule has 2 N–H and O–H groups in total. The average Bonchev–Trinajstić information content (AvgIpc) is 3.06. The average molecular weight is 383 g/mol. The molecular formula is C21H25N3O4. The van der Waals surface area contributed by atoms with Crippen LogP contribution >= 0.6 is 0 Å². The lowest BCUT2D eigenvalue weighted by molar-refractivity contribution is -0.137. The quantitative estimate of drug-likeness (QED) is 0.730. The van der Waals surface area contributed by atoms with Crippen molar-refractivity contribution < 1.29 is 19.5 Å². The summed E-state index contributed by atoms with van der Waals surface area (Å²) in [5, 5.41) is 12.9. The van der Waals surface area contributed by atoms with Crippen LogP contribution in [0.5, 0.6) is 0 Å². The number of pyridine rings is 1. The molecule has 1 aromatic heterocycles. The molecule has 1 atom stereocenters. The summed E-state index contributed by atoms with van der Waals surface area (Å²) in [5.74, 6) is -1.00. The fraction of sp³-hybridized carbons (Fsp3) is 0.429. The summed E-state index contributed by atoms with van der Waals surface area (Å²) in [5.41, 5.74) is 1.33. The molecule has 1 aliphatic heterocycles. The van der Waals surface area contributed by atoms with Crippen molar-refractivity contribution in [2.24, 2.45) is 0 Å². The van der Waals surface area contributed by atoms with Crippen LogP contribution in [0.1, 0.15) is 44.1 Å². The molecule has 0 aliphatic carbocycles. The lowest BCUT2D eigenvalue weighted by Gasteiger charge is -2.29. The van der Waals surface area contributed by atoms with Gasteiger partial charge in [-0.1, -0.05) is 18.2 Å². The van der Waals surface area contributed by atoms with E-state index in [4.69, 9.17) is 5.11 Å². The first-order valence-corrected chi connectivity index (χ1v) is 9.48. The molecule has 3 rings (SSSR count). The van der Waals surface area contributed by atoms with Gasteiger partial charge in [0.15, 0.2) is 0 Å². The first kappa shape index (κ1) is 19.8. The van der Waals surface area contributed by atoms with Crippen molar-refractivity contribution in [3.8, 4) is 0 Å². The Hall–Kier alpha value is -2.96. The summed E-state index contributed by atoms with van der Waals surface area (Å²) in [4.78, 5) is 41.3. The lowest BCUT2D eigenvalue weighted by atomic mass is 9.86. The molecule has 28 heavy (non-hydrogen) atoms. The van der Waals surface area contributed by atoms with E-state index in [1.54, 1.807) is 18.1 Å². The number of fused-ring (bicyclic) bond motifs is 1. The summed E-state index contributed by atoms with van der Waals surface area (Å²) < 4.78 is 0. The number of carbonyl (C=O) groups excluding carboxylic acids is 2. The van der Waals surface area contributed by atoms with Crippen molar-refractivity contribution in [1.29, 1.82) is 0 Å². The molecular weight excluding hydrogens is 358 g/mol. The maximum Gasteiger partial charge on any atom is 0.303 e. The molecule has 2 amide bonds. The summed E-state index contributed by atoms with van der Waals surface area (Å²) in [7, 11) is 1.76. The standard InChI is InChI=1S/C21H25N3O4/c1-24(14-15-4-2-6-17-16(15)5-3-13-22-17)19(26)8-11-21(12-9-20(27)28)10-7-18(25)23-21/h2-6,13H,7-12,14H2,1H3,(H,23,25)(H,27,28)/t21-/m1/s1. The van der Waals surface area contributed by atoms with Gasteiger partial charge >= 0.3 is 5.97 Å². The fourth-order valence-electron chi connectivity index (χ4n) is 3.81. The molecule has 1 saturated heterocycles. The van der Waals surface area contributed by atoms with Gasteiger partial charge in [0, 0.05) is 50.0 Å². The molecule has 1 aliphatic rings. The van der Waals surface area contributed by atoms with Crippen LogP contribution in [-0.2, 0) is 20.9 Å². The topological polar surface area (TPSA) is 99.6 Å². The van der Waals surface area contributed by atoms with Crippen LogP contribution in [0.4, 0.5) is 0 Å². The Morgan fingerprint density at radius 2 is 2.00 bits per heavy atom. The van der Waals surface area contributed by atoms with Crippen molar-refractivity contribution in [3.05, 3.63) is 42.1 Å². The number of nitrogens with zero attached hydrogens (tertiary/aromatic N) is 2. The second-order valence-corrected chi connectivity index (χ2v) is 7.46. The van der Waals surface area contributed by atoms with Gasteiger partial charge in [-0.3, -0.25) is 19.4 Å². The minimum Gasteiger partial charge on any atom is -0.481 e. The first-order valence-electron chi connectivity index (χ1n) is 9.48. The van der Waals surface area contributed by atoms with Crippen LogP contribution in [-0.4, -0.2) is 45.4 Å². The molecule has 2 aromatic rings. The second-order valence-electron chi connectivity index (χ2n) is 7.46. The zero-order valence-electron chi connectivity index (χ0n) is 16.0. The van der Waals surface area contributed by atoms with E-state index in [0.717, 1.165) is 16.5 Å². The molecule has 1 aromatic carbocycles. The highest BCUT2D eigenvalue weighted by Crippen LogP contribution is 2.30. The largest absolute Gasteiger partial charge is 0.481 e. The Bertz CT molecular complexity index is 893. The van der Waals surface area contributed by atoms with Crippen LogP contribution in [0.2, 0.25) is 0 Å². The van der Waals surface area contributed by atoms with Gasteiger partial charge in [-0.25, -0.2) is 0 Å². The van der Waals surface area contributed by atoms with E-state index in [9.17, 15) is 14.4 Å². The predicted molar refractivity (Wildman–Crippen MR) is 104 cm³/mol. The van der Waals surface area contributed by atoms with Gasteiger partial charge in [0.2, 0.25) is 11.8 Å². The predicted octanol–water partition coefficient (Wildman–Crippen LogP) is 2.49. The molecule has 1 fully saturated rings. The molecule has 2 heterocycles. The Morgan fingerprint density at radius 1 is 1.21 bits per heavy atom. The van der Waals surface area contributed by atoms with Gasteiger partial charge < -0.3 is 15.3 Å². The highest BCUT2D eigenvalue weighted by Gasteiger charge is 2.38. The van der Waals surface area contributed by atoms with Crippen LogP contribution in [0.3, 0.4) is 0 Å². The number of aliphatic carboxylic acids is 1. The first-order chi connectivity index (χ1) is 13.4. The number of benzene rings is 1. The molecule has 7 heteroatoms. The third-order valence-electron chi connectivity index (χ3n) is 5.44. The number of aromatic nitrogens is 1. The van der Waals surface area contributed by atoms with Crippen molar-refractivity contribution in [2.75, 3.05) is 7.05 Å². The van der Waals surface area contributed by atoms with Crippen molar-refractivity contribution in [3.63, 3.8) is 0 Å². The number of carboxylic acids is 1. The van der Waals surface area contributed by atoms with E-state index in [2.05, 4.69) is 10.3 Å². The monoisotopic (exact) mass is 383 g/mol. The molecule has 0 unspecified atom stereocenters. The molecule has 7 nitrogen and oxygen atoms in total. The van der Waals surface area contributed by atoms with Gasteiger partial charge in [-0.15, -0.1) is 0 Å². The molecule has 0 bridgehead atoms. The van der Waals surface area contributed by atoms with Gasteiger partial charge in [0.25, 0.3) is 0 Å². The van der Waals surface area contributed by atoms with Gasteiger partial charge in [0.05, 0.1) is 5.52 Å². The minimum atomic E-state index is -0.895. The van der Waals surface area contributed by atoms with Crippen LogP contribution in [0, 0.1) is 0 Å². The zero-order valence-corrected chi connectivity index (χ0v) is 16.0. The molecule has 148 valence electrons. The number of hydrogen-bond acceptors (Lipinski definition) is 4. The summed E-state index contributed by atoms with van der Waals surface area (Å²) >= 11 is 0. The smallest absolute Gasteiger partial charge is 0.303 e. The third kappa shape index (κ3) is 4.65. The highest BCUT2D eigenvalue weighted by atomic mass is 16.4. The van der Waals surface area contributed by atoms with E-state index in [1.165, 1.54) is 0 Å². The van der Waals surface area contributed by atoms with Gasteiger partial charge in [-0.2, -0.15) is 0 Å². The Balaban J connectivity index is 1.63. The normalized spacial score (nSPS) is 18.8. The maximum atomic E-state index is 12.7. The molecule has 0 spiro atoms. The van der Waals surface area contributed by atoms with Crippen LogP contribution < -0.4 is 5.32 Å². The van der Waals surface area contributed by atoms with E-state index in [1.807, 2.05) is 30.3 Å². The van der Waals surface area contributed by atoms with Gasteiger partial charge in [-0.05, 0) is 37.0 Å². The minimum absolute atomic E-state index is 0.0205. The number of rotatable bonds is 8. The van der Waals surface area contributed by atoms with E-state index < -0.39 is 11.5 Å². The Kier molecular flexibility index (Phi) is 5.92. The number of nitrogens with one attached hydrogen (secondary N) is 1.